The molecule has 0 spiro atoms. The number of hydrogen-bond donors (Lipinski definition) is 0. The smallest absolute Gasteiger partial charge is 0.119 e. The van der Waals surface area contributed by atoms with Crippen LogP contribution in [0, 0.1) is 0 Å². The van der Waals surface area contributed by atoms with Crippen molar-refractivity contribution >= 4 is 0 Å². The second kappa shape index (κ2) is 8.13. The Morgan fingerprint density at radius 3 is 2.87 bits per heavy atom. The molecule has 5 nitrogen and oxygen atoms in total. The monoisotopic (exact) mass is 315 g/mol. The third-order valence-electron chi connectivity index (χ3n) is 4.34. The van der Waals surface area contributed by atoms with Crippen molar-refractivity contribution in [2.24, 2.45) is 0 Å². The van der Waals surface area contributed by atoms with Gasteiger partial charge in [0.25, 0.3) is 0 Å². The molecule has 3 rings (SSSR count). The van der Waals surface area contributed by atoms with E-state index in [4.69, 9.17) is 9.47 Å². The summed E-state index contributed by atoms with van der Waals surface area (Å²) in [4.78, 5) is 6.53. The van der Waals surface area contributed by atoms with Crippen LogP contribution in [0.25, 0.3) is 0 Å². The minimum absolute atomic E-state index is 0.561. The van der Waals surface area contributed by atoms with E-state index >= 15 is 0 Å². The number of methoxy groups -OCH3 is 1. The molecule has 1 aromatic heterocycles. The van der Waals surface area contributed by atoms with Gasteiger partial charge in [0.05, 0.1) is 19.5 Å². The quantitative estimate of drug-likeness (QED) is 0.750. The van der Waals surface area contributed by atoms with Crippen molar-refractivity contribution < 1.29 is 9.47 Å². The van der Waals surface area contributed by atoms with Gasteiger partial charge in [0.1, 0.15) is 12.4 Å². The standard InChI is InChI=1S/C18H25N3O2/c1-22-14-17-3-2-9-21(17)13-16-4-6-18(7-5-16)23-12-11-20-10-8-19-15-20/h4-8,10,15,17H,2-3,9,11-14H2,1H3/t17-/m0/s1. The maximum absolute atomic E-state index is 5.78. The van der Waals surface area contributed by atoms with Gasteiger partial charge < -0.3 is 14.0 Å². The molecular weight excluding hydrogens is 290 g/mol. The van der Waals surface area contributed by atoms with Gasteiger partial charge in [-0.2, -0.15) is 0 Å². The highest BCUT2D eigenvalue weighted by atomic mass is 16.5. The van der Waals surface area contributed by atoms with Crippen LogP contribution in [0.3, 0.4) is 0 Å². The topological polar surface area (TPSA) is 39.5 Å². The van der Waals surface area contributed by atoms with Crippen LogP contribution in [-0.2, 0) is 17.8 Å². The summed E-state index contributed by atoms with van der Waals surface area (Å²) in [6.07, 6.45) is 8.04. The Kier molecular flexibility index (Phi) is 5.66. The molecule has 23 heavy (non-hydrogen) atoms. The highest BCUT2D eigenvalue weighted by molar-refractivity contribution is 5.27. The average molecular weight is 315 g/mol. The largest absolute Gasteiger partial charge is 0.492 e. The SMILES string of the molecule is COC[C@@H]1CCCN1Cc1ccc(OCCn2ccnc2)cc1. The molecule has 0 N–H and O–H groups in total. The van der Waals surface area contributed by atoms with E-state index in [9.17, 15) is 0 Å². The Morgan fingerprint density at radius 2 is 2.13 bits per heavy atom. The van der Waals surface area contributed by atoms with Crippen molar-refractivity contribution in [3.63, 3.8) is 0 Å². The fourth-order valence-electron chi connectivity index (χ4n) is 3.10. The van der Waals surface area contributed by atoms with E-state index in [-0.39, 0.29) is 0 Å². The summed E-state index contributed by atoms with van der Waals surface area (Å²) in [5.41, 5.74) is 1.33. The van der Waals surface area contributed by atoms with Gasteiger partial charge in [-0.05, 0) is 37.1 Å². The number of benzene rings is 1. The maximum atomic E-state index is 5.78. The zero-order chi connectivity index (χ0) is 15.9. The lowest BCUT2D eigenvalue weighted by Crippen LogP contribution is -2.32. The molecule has 1 fully saturated rings. The van der Waals surface area contributed by atoms with Crippen molar-refractivity contribution in [2.75, 3.05) is 26.9 Å². The van der Waals surface area contributed by atoms with Crippen molar-refractivity contribution in [3.8, 4) is 5.75 Å². The molecule has 1 aliphatic rings. The molecular formula is C18H25N3O2. The Morgan fingerprint density at radius 1 is 1.26 bits per heavy atom. The van der Waals surface area contributed by atoms with Gasteiger partial charge >= 0.3 is 0 Å². The molecule has 1 aromatic carbocycles. The van der Waals surface area contributed by atoms with Gasteiger partial charge in [-0.3, -0.25) is 4.90 Å². The van der Waals surface area contributed by atoms with E-state index in [1.54, 1.807) is 19.6 Å². The average Bonchev–Trinajstić information content (AvgIpc) is 3.22. The van der Waals surface area contributed by atoms with E-state index in [0.717, 1.165) is 32.0 Å². The highest BCUT2D eigenvalue weighted by Gasteiger charge is 2.24. The normalized spacial score (nSPS) is 18.4. The second-order valence-corrected chi connectivity index (χ2v) is 6.01. The summed E-state index contributed by atoms with van der Waals surface area (Å²) in [6.45, 7) is 4.45. The zero-order valence-electron chi connectivity index (χ0n) is 13.7. The first-order valence-corrected chi connectivity index (χ1v) is 8.25. The van der Waals surface area contributed by atoms with E-state index < -0.39 is 0 Å². The highest BCUT2D eigenvalue weighted by Crippen LogP contribution is 2.21. The zero-order valence-corrected chi connectivity index (χ0v) is 13.7. The van der Waals surface area contributed by atoms with Crippen molar-refractivity contribution in [1.82, 2.24) is 14.5 Å². The predicted molar refractivity (Wildman–Crippen MR) is 89.5 cm³/mol. The first-order valence-electron chi connectivity index (χ1n) is 8.25. The summed E-state index contributed by atoms with van der Waals surface area (Å²) in [5, 5.41) is 0. The molecule has 5 heteroatoms. The number of likely N-dealkylation sites (tertiary alicyclic amines) is 1. The lowest BCUT2D eigenvalue weighted by atomic mass is 10.2. The molecule has 0 aliphatic carbocycles. The number of aromatic nitrogens is 2. The molecule has 1 atom stereocenters. The van der Waals surface area contributed by atoms with Crippen LogP contribution in [0.2, 0.25) is 0 Å². The first-order chi connectivity index (χ1) is 11.3. The fraction of sp³-hybridized carbons (Fsp3) is 0.500. The Hall–Kier alpha value is -1.85. The Labute approximate surface area is 137 Å². The number of imidazole rings is 1. The molecule has 1 aliphatic heterocycles. The molecule has 124 valence electrons. The van der Waals surface area contributed by atoms with Crippen LogP contribution < -0.4 is 4.74 Å². The van der Waals surface area contributed by atoms with E-state index in [2.05, 4.69) is 34.1 Å². The van der Waals surface area contributed by atoms with Gasteiger partial charge in [0.2, 0.25) is 0 Å². The third kappa shape index (κ3) is 4.56. The molecule has 1 saturated heterocycles. The van der Waals surface area contributed by atoms with E-state index in [1.165, 1.54) is 18.4 Å². The maximum Gasteiger partial charge on any atom is 0.119 e. The van der Waals surface area contributed by atoms with E-state index in [0.29, 0.717) is 12.6 Å². The van der Waals surface area contributed by atoms with Gasteiger partial charge in [0, 0.05) is 32.1 Å². The van der Waals surface area contributed by atoms with Crippen molar-refractivity contribution in [2.45, 2.75) is 32.0 Å². The van der Waals surface area contributed by atoms with Crippen LogP contribution in [0.15, 0.2) is 43.0 Å². The fourth-order valence-corrected chi connectivity index (χ4v) is 3.10. The lowest BCUT2D eigenvalue weighted by Gasteiger charge is -2.23. The molecule has 0 saturated carbocycles. The minimum atomic E-state index is 0.561. The molecule has 0 amide bonds. The van der Waals surface area contributed by atoms with Crippen LogP contribution in [0.5, 0.6) is 5.75 Å². The number of ether oxygens (including phenoxy) is 2. The van der Waals surface area contributed by atoms with Gasteiger partial charge in [-0.1, -0.05) is 12.1 Å². The summed E-state index contributed by atoms with van der Waals surface area (Å²) >= 11 is 0. The summed E-state index contributed by atoms with van der Waals surface area (Å²) in [6, 6.07) is 9.00. The van der Waals surface area contributed by atoms with Gasteiger partial charge in [-0.25, -0.2) is 4.98 Å². The molecule has 2 heterocycles. The number of hydrogen-bond acceptors (Lipinski definition) is 4. The number of nitrogens with zero attached hydrogens (tertiary/aromatic N) is 3. The van der Waals surface area contributed by atoms with Crippen LogP contribution in [0.4, 0.5) is 0 Å². The third-order valence-corrected chi connectivity index (χ3v) is 4.34. The van der Waals surface area contributed by atoms with E-state index in [1.807, 2.05) is 10.8 Å². The Bertz CT molecular complexity index is 568. The minimum Gasteiger partial charge on any atom is -0.492 e. The van der Waals surface area contributed by atoms with Crippen molar-refractivity contribution in [3.05, 3.63) is 48.5 Å². The molecule has 0 radical (unpaired) electrons. The molecule has 0 bridgehead atoms. The summed E-state index contributed by atoms with van der Waals surface area (Å²) < 4.78 is 13.1. The van der Waals surface area contributed by atoms with Crippen LogP contribution in [0.1, 0.15) is 18.4 Å². The lowest BCUT2D eigenvalue weighted by molar-refractivity contribution is 0.112. The summed E-state index contributed by atoms with van der Waals surface area (Å²) in [5.74, 6) is 0.920. The van der Waals surface area contributed by atoms with Crippen molar-refractivity contribution in [1.29, 1.82) is 0 Å². The first kappa shape index (κ1) is 16.0. The van der Waals surface area contributed by atoms with Crippen LogP contribution >= 0.6 is 0 Å². The summed E-state index contributed by atoms with van der Waals surface area (Å²) in [7, 11) is 1.78. The predicted octanol–water partition coefficient (Wildman–Crippen LogP) is 2.57. The second-order valence-electron chi connectivity index (χ2n) is 6.01. The van der Waals surface area contributed by atoms with Gasteiger partial charge in [-0.15, -0.1) is 0 Å². The molecule has 0 unspecified atom stereocenters. The Balaban J connectivity index is 1.47. The molecule has 2 aromatic rings. The van der Waals surface area contributed by atoms with Crippen LogP contribution in [-0.4, -0.2) is 47.4 Å². The van der Waals surface area contributed by atoms with Gasteiger partial charge in [0.15, 0.2) is 0 Å². The number of rotatable bonds is 8.